The molecule has 0 spiro atoms. The van der Waals surface area contributed by atoms with E-state index in [1.807, 2.05) is 31.2 Å². The number of hydrogen-bond acceptors (Lipinski definition) is 3. The van der Waals surface area contributed by atoms with E-state index in [1.54, 1.807) is 23.7 Å². The molecule has 1 aliphatic rings. The minimum absolute atomic E-state index is 0.0348. The largest absolute Gasteiger partial charge is 0.340 e. The Hall–Kier alpha value is -2.05. The van der Waals surface area contributed by atoms with E-state index in [4.69, 9.17) is 11.6 Å². The van der Waals surface area contributed by atoms with Crippen LogP contribution in [-0.4, -0.2) is 47.0 Å². The number of thioether (sulfide) groups is 1. The Kier molecular flexibility index (Phi) is 6.07. The van der Waals surface area contributed by atoms with Crippen LogP contribution in [0.5, 0.6) is 0 Å². The highest BCUT2D eigenvalue weighted by atomic mass is 35.5. The first-order valence-electron chi connectivity index (χ1n) is 8.60. The first-order chi connectivity index (χ1) is 12.9. The van der Waals surface area contributed by atoms with Gasteiger partial charge in [-0.2, -0.15) is 0 Å². The van der Waals surface area contributed by atoms with Crippen molar-refractivity contribution in [1.82, 2.24) is 9.80 Å². The minimum Gasteiger partial charge on any atom is -0.340 e. The predicted octanol–water partition coefficient (Wildman–Crippen LogP) is 4.21. The number of hydrogen-bond donors (Lipinski definition) is 0. The maximum Gasteiger partial charge on any atom is 0.253 e. The zero-order valence-electron chi connectivity index (χ0n) is 15.1. The van der Waals surface area contributed by atoms with Crippen LogP contribution in [0.1, 0.15) is 28.2 Å². The maximum absolute atomic E-state index is 13.0. The van der Waals surface area contributed by atoms with Gasteiger partial charge >= 0.3 is 0 Å². The molecule has 0 aliphatic carbocycles. The van der Waals surface area contributed by atoms with E-state index in [0.717, 1.165) is 5.56 Å². The van der Waals surface area contributed by atoms with Crippen LogP contribution in [-0.2, 0) is 4.79 Å². The van der Waals surface area contributed by atoms with Crippen LogP contribution in [0.15, 0.2) is 48.5 Å². The van der Waals surface area contributed by atoms with E-state index < -0.39 is 0 Å². The number of carbonyl (C=O) groups is 2. The second-order valence-corrected chi connectivity index (χ2v) is 8.25. The molecule has 0 N–H and O–H groups in total. The van der Waals surface area contributed by atoms with E-state index >= 15 is 0 Å². The molecule has 1 fully saturated rings. The van der Waals surface area contributed by atoms with Crippen LogP contribution >= 0.6 is 23.4 Å². The SMILES string of the molecule is C[C@H]1S[C@H](c2ccccc2Cl)N(CCN(C)C(=O)c2ccc(F)cc2)C1=O. The van der Waals surface area contributed by atoms with Gasteiger partial charge in [0, 0.05) is 36.3 Å². The van der Waals surface area contributed by atoms with E-state index in [-0.39, 0.29) is 28.3 Å². The standard InChI is InChI=1S/C20H20ClFN2O2S/c1-13-18(25)24(20(27-13)16-5-3-4-6-17(16)21)12-11-23(2)19(26)14-7-9-15(22)10-8-14/h3-10,13,20H,11-12H2,1-2H3/t13-,20-/m1/s1. The van der Waals surface area contributed by atoms with Gasteiger partial charge < -0.3 is 9.80 Å². The van der Waals surface area contributed by atoms with Crippen molar-refractivity contribution in [2.75, 3.05) is 20.1 Å². The Labute approximate surface area is 167 Å². The third kappa shape index (κ3) is 4.28. The number of halogens is 2. The van der Waals surface area contributed by atoms with Crippen molar-refractivity contribution >= 4 is 35.2 Å². The van der Waals surface area contributed by atoms with Crippen LogP contribution < -0.4 is 0 Å². The molecule has 2 aromatic carbocycles. The second kappa shape index (κ2) is 8.31. The van der Waals surface area contributed by atoms with E-state index in [9.17, 15) is 14.0 Å². The predicted molar refractivity (Wildman–Crippen MR) is 106 cm³/mol. The number of benzene rings is 2. The lowest BCUT2D eigenvalue weighted by Crippen LogP contribution is -2.39. The van der Waals surface area contributed by atoms with Crippen LogP contribution in [0.4, 0.5) is 4.39 Å². The van der Waals surface area contributed by atoms with Crippen LogP contribution in [0.3, 0.4) is 0 Å². The zero-order valence-corrected chi connectivity index (χ0v) is 16.6. The molecular weight excluding hydrogens is 387 g/mol. The highest BCUT2D eigenvalue weighted by Gasteiger charge is 2.39. The zero-order chi connectivity index (χ0) is 19.6. The van der Waals surface area contributed by atoms with Gasteiger partial charge in [-0.3, -0.25) is 9.59 Å². The van der Waals surface area contributed by atoms with Gasteiger partial charge in [0.1, 0.15) is 11.2 Å². The third-order valence-electron chi connectivity index (χ3n) is 4.53. The fourth-order valence-electron chi connectivity index (χ4n) is 2.99. The quantitative estimate of drug-likeness (QED) is 0.746. The first kappa shape index (κ1) is 19.7. The highest BCUT2D eigenvalue weighted by Crippen LogP contribution is 2.44. The van der Waals surface area contributed by atoms with Gasteiger partial charge in [0.05, 0.1) is 5.25 Å². The van der Waals surface area contributed by atoms with Gasteiger partial charge in [0.2, 0.25) is 5.91 Å². The van der Waals surface area contributed by atoms with Crippen LogP contribution in [0.2, 0.25) is 5.02 Å². The van der Waals surface area contributed by atoms with Gasteiger partial charge in [-0.05, 0) is 37.3 Å². The summed E-state index contributed by atoms with van der Waals surface area (Å²) in [6.07, 6.45) is 0. The molecule has 1 aliphatic heterocycles. The molecule has 3 rings (SSSR count). The smallest absolute Gasteiger partial charge is 0.253 e. The Morgan fingerprint density at radius 2 is 1.89 bits per heavy atom. The lowest BCUT2D eigenvalue weighted by atomic mass is 10.2. The number of likely N-dealkylation sites (N-methyl/N-ethyl adjacent to an activating group) is 1. The molecule has 4 nitrogen and oxygen atoms in total. The normalized spacial score (nSPS) is 19.4. The molecule has 2 amide bonds. The van der Waals surface area contributed by atoms with Crippen molar-refractivity contribution in [2.45, 2.75) is 17.5 Å². The van der Waals surface area contributed by atoms with Crippen LogP contribution in [0.25, 0.3) is 0 Å². The number of nitrogens with zero attached hydrogens (tertiary/aromatic N) is 2. The summed E-state index contributed by atoms with van der Waals surface area (Å²) in [5, 5.41) is 0.289. The van der Waals surface area contributed by atoms with Crippen molar-refractivity contribution in [3.8, 4) is 0 Å². The van der Waals surface area contributed by atoms with E-state index in [1.165, 1.54) is 29.2 Å². The number of amides is 2. The summed E-state index contributed by atoms with van der Waals surface area (Å²) in [7, 11) is 1.67. The monoisotopic (exact) mass is 406 g/mol. The molecule has 1 heterocycles. The number of carbonyl (C=O) groups excluding carboxylic acids is 2. The summed E-state index contributed by atoms with van der Waals surface area (Å²) < 4.78 is 13.0. The molecule has 27 heavy (non-hydrogen) atoms. The molecule has 142 valence electrons. The fraction of sp³-hybridized carbons (Fsp3) is 0.300. The summed E-state index contributed by atoms with van der Waals surface area (Å²) in [6, 6.07) is 12.9. The summed E-state index contributed by atoms with van der Waals surface area (Å²) in [5.41, 5.74) is 1.31. The Morgan fingerprint density at radius 1 is 1.22 bits per heavy atom. The Balaban J connectivity index is 1.71. The summed E-state index contributed by atoms with van der Waals surface area (Å²) >= 11 is 7.88. The lowest BCUT2D eigenvalue weighted by molar-refractivity contribution is -0.129. The van der Waals surface area contributed by atoms with Crippen molar-refractivity contribution in [3.63, 3.8) is 0 Å². The topological polar surface area (TPSA) is 40.6 Å². The van der Waals surface area contributed by atoms with Gasteiger partial charge in [-0.1, -0.05) is 29.8 Å². The fourth-order valence-corrected chi connectivity index (χ4v) is 4.64. The molecule has 2 atom stereocenters. The van der Waals surface area contributed by atoms with Crippen molar-refractivity contribution in [3.05, 3.63) is 70.5 Å². The lowest BCUT2D eigenvalue weighted by Gasteiger charge is -2.27. The van der Waals surface area contributed by atoms with Crippen molar-refractivity contribution in [1.29, 1.82) is 0 Å². The molecular formula is C20H20ClFN2O2S. The summed E-state index contributed by atoms with van der Waals surface area (Å²) in [6.45, 7) is 2.65. The van der Waals surface area contributed by atoms with Gasteiger partial charge in [0.25, 0.3) is 5.91 Å². The van der Waals surface area contributed by atoms with Gasteiger partial charge in [-0.25, -0.2) is 4.39 Å². The van der Waals surface area contributed by atoms with Gasteiger partial charge in [0.15, 0.2) is 0 Å². The molecule has 0 saturated carbocycles. The first-order valence-corrected chi connectivity index (χ1v) is 9.92. The van der Waals surface area contributed by atoms with E-state index in [2.05, 4.69) is 0 Å². The molecule has 1 saturated heterocycles. The van der Waals surface area contributed by atoms with Crippen molar-refractivity contribution in [2.24, 2.45) is 0 Å². The molecule has 7 heteroatoms. The molecule has 0 unspecified atom stereocenters. The Bertz CT molecular complexity index is 846. The minimum atomic E-state index is -0.384. The maximum atomic E-state index is 13.0. The van der Waals surface area contributed by atoms with Crippen molar-refractivity contribution < 1.29 is 14.0 Å². The third-order valence-corrected chi connectivity index (χ3v) is 6.25. The van der Waals surface area contributed by atoms with E-state index in [0.29, 0.717) is 23.7 Å². The Morgan fingerprint density at radius 3 is 2.56 bits per heavy atom. The molecule has 0 radical (unpaired) electrons. The van der Waals surface area contributed by atoms with Crippen LogP contribution in [0, 0.1) is 5.82 Å². The second-order valence-electron chi connectivity index (χ2n) is 6.42. The highest BCUT2D eigenvalue weighted by molar-refractivity contribution is 8.01. The summed E-state index contributed by atoms with van der Waals surface area (Å²) in [4.78, 5) is 28.4. The average molecular weight is 407 g/mol. The molecule has 0 bridgehead atoms. The van der Waals surface area contributed by atoms with Gasteiger partial charge in [-0.15, -0.1) is 11.8 Å². The molecule has 2 aromatic rings. The average Bonchev–Trinajstić information content (AvgIpc) is 2.94. The summed E-state index contributed by atoms with van der Waals surface area (Å²) in [5.74, 6) is -0.561. The molecule has 0 aromatic heterocycles. The number of rotatable bonds is 5.